The first-order valence-corrected chi connectivity index (χ1v) is 12.7. The van der Waals surface area contributed by atoms with Gasteiger partial charge in [-0.05, 0) is 66.9 Å². The van der Waals surface area contributed by atoms with Crippen molar-refractivity contribution in [2.75, 3.05) is 13.2 Å². The number of sulfone groups is 1. The maximum Gasteiger partial charge on any atom is 0.290 e. The highest BCUT2D eigenvalue weighted by Gasteiger charge is 2.28. The Labute approximate surface area is 200 Å². The Morgan fingerprint density at radius 1 is 1.06 bits per heavy atom. The largest absolute Gasteiger partial charge is 0.439 e. The fourth-order valence-corrected chi connectivity index (χ4v) is 5.09. The van der Waals surface area contributed by atoms with E-state index < -0.39 is 15.7 Å². The highest BCUT2D eigenvalue weighted by atomic mass is 79.9. The van der Waals surface area contributed by atoms with Crippen LogP contribution >= 0.6 is 27.5 Å². The van der Waals surface area contributed by atoms with Crippen LogP contribution in [-0.4, -0.2) is 38.5 Å². The van der Waals surface area contributed by atoms with Crippen LogP contribution in [0.5, 0.6) is 0 Å². The maximum absolute atomic E-state index is 13.3. The molecule has 1 unspecified atom stereocenters. The van der Waals surface area contributed by atoms with Gasteiger partial charge in [0.2, 0.25) is 14.9 Å². The van der Waals surface area contributed by atoms with E-state index in [1.54, 1.807) is 29.2 Å². The summed E-state index contributed by atoms with van der Waals surface area (Å²) >= 11 is 9.26. The third-order valence-electron chi connectivity index (χ3n) is 5.20. The minimum atomic E-state index is -3.88. The van der Waals surface area contributed by atoms with Crippen LogP contribution in [0.4, 0.5) is 0 Å². The van der Waals surface area contributed by atoms with Crippen molar-refractivity contribution in [1.29, 1.82) is 0 Å². The number of halogens is 2. The zero-order valence-corrected chi connectivity index (χ0v) is 20.2. The van der Waals surface area contributed by atoms with E-state index in [9.17, 15) is 13.2 Å². The van der Waals surface area contributed by atoms with Gasteiger partial charge in [0, 0.05) is 29.2 Å². The van der Waals surface area contributed by atoms with Crippen LogP contribution < -0.4 is 0 Å². The second-order valence-corrected chi connectivity index (χ2v) is 10.8. The molecular formula is C23H21BrClNO5S. The Hall–Kier alpha value is -2.13. The summed E-state index contributed by atoms with van der Waals surface area (Å²) in [5.74, 6) is -0.430. The summed E-state index contributed by atoms with van der Waals surface area (Å²) in [4.78, 5) is 15.0. The van der Waals surface area contributed by atoms with Crippen molar-refractivity contribution in [2.24, 2.45) is 0 Å². The number of furan rings is 1. The monoisotopic (exact) mass is 537 g/mol. The molecule has 1 aromatic heterocycles. The SMILES string of the molecule is O=C(c1ccc(S(=O)(=O)c2ccc(Br)cc2)o1)N(Cc1ccc(Cl)cc1)CC1CCCO1. The van der Waals surface area contributed by atoms with Crippen LogP contribution in [0, 0.1) is 0 Å². The first kappa shape index (κ1) is 23.0. The zero-order valence-electron chi connectivity index (χ0n) is 17.0. The van der Waals surface area contributed by atoms with Crippen molar-refractivity contribution < 1.29 is 22.4 Å². The molecule has 0 radical (unpaired) electrons. The van der Waals surface area contributed by atoms with Gasteiger partial charge in [0.25, 0.3) is 5.91 Å². The molecule has 1 aliphatic rings. The van der Waals surface area contributed by atoms with Crippen molar-refractivity contribution in [3.05, 3.63) is 81.5 Å². The highest BCUT2D eigenvalue weighted by molar-refractivity contribution is 9.10. The molecule has 6 nitrogen and oxygen atoms in total. The molecule has 9 heteroatoms. The van der Waals surface area contributed by atoms with E-state index in [4.69, 9.17) is 20.8 Å². The molecule has 1 saturated heterocycles. The molecule has 3 aromatic rings. The molecule has 2 heterocycles. The molecule has 1 atom stereocenters. The smallest absolute Gasteiger partial charge is 0.290 e. The van der Waals surface area contributed by atoms with Crippen LogP contribution in [0.15, 0.2) is 79.5 Å². The number of rotatable bonds is 7. The Kier molecular flexibility index (Phi) is 7.05. The summed E-state index contributed by atoms with van der Waals surface area (Å²) in [7, 11) is -3.88. The van der Waals surface area contributed by atoms with Gasteiger partial charge in [0.1, 0.15) is 0 Å². The summed E-state index contributed by atoms with van der Waals surface area (Å²) in [6.45, 7) is 1.38. The Balaban J connectivity index is 1.58. The quantitative estimate of drug-likeness (QED) is 0.405. The first-order valence-electron chi connectivity index (χ1n) is 10.1. The predicted molar refractivity (Wildman–Crippen MR) is 123 cm³/mol. The molecule has 168 valence electrons. The number of benzene rings is 2. The number of carbonyl (C=O) groups is 1. The standard InChI is InChI=1S/C23H21BrClNO5S/c24-17-5-9-20(10-6-17)32(28,29)22-12-11-21(31-22)23(27)26(15-19-2-1-13-30-19)14-16-3-7-18(25)8-4-16/h3-12,19H,1-2,13-15H2. The highest BCUT2D eigenvalue weighted by Crippen LogP contribution is 2.26. The second-order valence-electron chi connectivity index (χ2n) is 7.52. The van der Waals surface area contributed by atoms with Crippen LogP contribution in [0.25, 0.3) is 0 Å². The number of hydrogen-bond donors (Lipinski definition) is 0. The molecule has 1 amide bonds. The fourth-order valence-electron chi connectivity index (χ4n) is 3.53. The van der Waals surface area contributed by atoms with Gasteiger partial charge in [-0.15, -0.1) is 0 Å². The molecule has 0 aliphatic carbocycles. The zero-order chi connectivity index (χ0) is 22.7. The van der Waals surface area contributed by atoms with Crippen LogP contribution in [0.2, 0.25) is 5.02 Å². The lowest BCUT2D eigenvalue weighted by atomic mass is 10.1. The Morgan fingerprint density at radius 3 is 2.44 bits per heavy atom. The minimum Gasteiger partial charge on any atom is -0.439 e. The molecule has 32 heavy (non-hydrogen) atoms. The van der Waals surface area contributed by atoms with Gasteiger partial charge in [-0.1, -0.05) is 39.7 Å². The molecule has 2 aromatic carbocycles. The van der Waals surface area contributed by atoms with Gasteiger partial charge in [0.15, 0.2) is 5.76 Å². The number of nitrogens with zero attached hydrogens (tertiary/aromatic N) is 1. The van der Waals surface area contributed by atoms with Gasteiger partial charge in [-0.25, -0.2) is 8.42 Å². The number of ether oxygens (including phenoxy) is 1. The van der Waals surface area contributed by atoms with E-state index in [-0.39, 0.29) is 21.9 Å². The molecule has 0 N–H and O–H groups in total. The van der Waals surface area contributed by atoms with Gasteiger partial charge < -0.3 is 14.1 Å². The number of hydrogen-bond acceptors (Lipinski definition) is 5. The van der Waals surface area contributed by atoms with Gasteiger partial charge in [-0.2, -0.15) is 0 Å². The molecular weight excluding hydrogens is 518 g/mol. The Morgan fingerprint density at radius 2 is 1.78 bits per heavy atom. The summed E-state index contributed by atoms with van der Waals surface area (Å²) in [6, 6.07) is 16.2. The van der Waals surface area contributed by atoms with Crippen LogP contribution in [0.1, 0.15) is 29.0 Å². The lowest BCUT2D eigenvalue weighted by Gasteiger charge is -2.25. The first-order chi connectivity index (χ1) is 15.3. The molecule has 0 bridgehead atoms. The van der Waals surface area contributed by atoms with Crippen molar-refractivity contribution in [3.8, 4) is 0 Å². The predicted octanol–water partition coefficient (Wildman–Crippen LogP) is 5.35. The average molecular weight is 539 g/mol. The lowest BCUT2D eigenvalue weighted by molar-refractivity contribution is 0.0480. The van der Waals surface area contributed by atoms with Crippen molar-refractivity contribution >= 4 is 43.3 Å². The summed E-state index contributed by atoms with van der Waals surface area (Å²) in [5, 5.41) is 0.339. The topological polar surface area (TPSA) is 76.8 Å². The van der Waals surface area contributed by atoms with Crippen molar-refractivity contribution in [1.82, 2.24) is 4.90 Å². The van der Waals surface area contributed by atoms with Gasteiger partial charge in [0.05, 0.1) is 11.0 Å². The average Bonchev–Trinajstić information content (AvgIpc) is 3.47. The molecule has 1 fully saturated rings. The number of amides is 1. The molecule has 4 rings (SSSR count). The summed E-state index contributed by atoms with van der Waals surface area (Å²) < 4.78 is 37.8. The van der Waals surface area contributed by atoms with E-state index in [1.807, 2.05) is 12.1 Å². The molecule has 1 aliphatic heterocycles. The third-order valence-corrected chi connectivity index (χ3v) is 7.63. The molecule has 0 saturated carbocycles. The fraction of sp³-hybridized carbons (Fsp3) is 0.261. The summed E-state index contributed by atoms with van der Waals surface area (Å²) in [5.41, 5.74) is 0.898. The number of carbonyl (C=O) groups excluding carboxylic acids is 1. The Bertz CT molecular complexity index is 1190. The third kappa shape index (κ3) is 5.26. The van der Waals surface area contributed by atoms with Gasteiger partial charge >= 0.3 is 0 Å². The maximum atomic E-state index is 13.3. The van der Waals surface area contributed by atoms with E-state index in [0.717, 1.165) is 22.9 Å². The van der Waals surface area contributed by atoms with E-state index in [2.05, 4.69) is 15.9 Å². The van der Waals surface area contributed by atoms with E-state index >= 15 is 0 Å². The second kappa shape index (κ2) is 9.79. The van der Waals surface area contributed by atoms with Crippen molar-refractivity contribution in [2.45, 2.75) is 35.5 Å². The minimum absolute atomic E-state index is 0.0346. The van der Waals surface area contributed by atoms with E-state index in [0.29, 0.717) is 24.7 Å². The lowest BCUT2D eigenvalue weighted by Crippen LogP contribution is -2.36. The molecule has 0 spiro atoms. The summed E-state index contributed by atoms with van der Waals surface area (Å²) in [6.07, 6.45) is 1.75. The van der Waals surface area contributed by atoms with Crippen LogP contribution in [0.3, 0.4) is 0 Å². The normalized spacial score (nSPS) is 16.2. The van der Waals surface area contributed by atoms with Gasteiger partial charge in [-0.3, -0.25) is 4.79 Å². The van der Waals surface area contributed by atoms with Crippen molar-refractivity contribution in [3.63, 3.8) is 0 Å². The van der Waals surface area contributed by atoms with E-state index in [1.165, 1.54) is 24.3 Å². The van der Waals surface area contributed by atoms with Crippen LogP contribution in [-0.2, 0) is 21.1 Å².